The van der Waals surface area contributed by atoms with E-state index in [2.05, 4.69) is 18.6 Å². The maximum absolute atomic E-state index is 14.0. The van der Waals surface area contributed by atoms with Gasteiger partial charge in [-0.2, -0.15) is 0 Å². The van der Waals surface area contributed by atoms with E-state index in [-0.39, 0.29) is 17.6 Å². The highest BCUT2D eigenvalue weighted by atomic mass is 19.1. The van der Waals surface area contributed by atoms with Crippen LogP contribution in [0.3, 0.4) is 0 Å². The second-order valence-electron chi connectivity index (χ2n) is 10.3. The molecule has 1 heterocycles. The zero-order valence-electron chi connectivity index (χ0n) is 23.0. The van der Waals surface area contributed by atoms with Gasteiger partial charge in [0.15, 0.2) is 0 Å². The van der Waals surface area contributed by atoms with Gasteiger partial charge >= 0.3 is 0 Å². The number of para-hydroxylation sites is 1. The van der Waals surface area contributed by atoms with Gasteiger partial charge in [-0.3, -0.25) is 4.79 Å². The highest BCUT2D eigenvalue weighted by Crippen LogP contribution is 2.30. The van der Waals surface area contributed by atoms with Crippen LogP contribution in [-0.2, 0) is 0 Å². The van der Waals surface area contributed by atoms with Crippen LogP contribution in [-0.4, -0.2) is 29.6 Å². The van der Waals surface area contributed by atoms with Gasteiger partial charge in [0.05, 0.1) is 11.4 Å². The lowest BCUT2D eigenvalue weighted by Gasteiger charge is -2.32. The summed E-state index contributed by atoms with van der Waals surface area (Å²) < 4.78 is 14.0. The number of amides is 1. The lowest BCUT2D eigenvalue weighted by molar-refractivity contribution is 0.0710. The number of nitrogens with zero attached hydrogens (tertiary/aromatic N) is 2. The van der Waals surface area contributed by atoms with Gasteiger partial charge in [0.2, 0.25) is 0 Å². The fraction of sp³-hybridized carbons (Fsp3) is 0.257. The van der Waals surface area contributed by atoms with Gasteiger partial charge in [-0.15, -0.1) is 6.42 Å². The maximum atomic E-state index is 14.0. The van der Waals surface area contributed by atoms with E-state index in [9.17, 15) is 9.18 Å². The van der Waals surface area contributed by atoms with Crippen LogP contribution in [0.1, 0.15) is 58.8 Å². The summed E-state index contributed by atoms with van der Waals surface area (Å²) in [6, 6.07) is 20.3. The third kappa shape index (κ3) is 6.81. The minimum Gasteiger partial charge on any atom is -0.339 e. The largest absolute Gasteiger partial charge is 0.339 e. The molecule has 198 valence electrons. The summed E-state index contributed by atoms with van der Waals surface area (Å²) in [6.07, 6.45) is 10.2. The van der Waals surface area contributed by atoms with Crippen molar-refractivity contribution >= 4 is 22.9 Å². The number of piperidine rings is 1. The monoisotopic (exact) mass is 518 g/mol. The standard InChI is InChI=1S/C35H35FN2O/c1-6-33(37-34-13-8-7-10-25(34)4)27-18-20-38(21-19-27)35(39)29-15-17-31(26(5)22-29)32(16-14-24(2)3)28-11-9-12-30(36)23-28/h1,7-13,15-17,22-23,27H,2,14,18-21H2,3-5H3/b32-16-,37-33?. The molecule has 0 unspecified atom stereocenters. The van der Waals surface area contributed by atoms with Crippen molar-refractivity contribution in [2.24, 2.45) is 10.9 Å². The first-order valence-electron chi connectivity index (χ1n) is 13.4. The van der Waals surface area contributed by atoms with Gasteiger partial charge in [0.25, 0.3) is 5.91 Å². The Kier molecular flexibility index (Phi) is 8.94. The Morgan fingerprint density at radius 3 is 2.44 bits per heavy atom. The molecule has 4 heteroatoms. The van der Waals surface area contributed by atoms with Gasteiger partial charge in [0, 0.05) is 24.6 Å². The maximum Gasteiger partial charge on any atom is 0.253 e. The molecule has 0 saturated carbocycles. The molecule has 0 N–H and O–H groups in total. The lowest BCUT2D eigenvalue weighted by Crippen LogP contribution is -2.40. The van der Waals surface area contributed by atoms with E-state index in [0.29, 0.717) is 25.1 Å². The highest BCUT2D eigenvalue weighted by Gasteiger charge is 2.26. The van der Waals surface area contributed by atoms with E-state index >= 15 is 0 Å². The molecule has 0 radical (unpaired) electrons. The second-order valence-corrected chi connectivity index (χ2v) is 10.3. The molecule has 3 aromatic rings. The summed E-state index contributed by atoms with van der Waals surface area (Å²) in [5, 5.41) is 0. The molecule has 1 fully saturated rings. The van der Waals surface area contributed by atoms with E-state index in [1.807, 2.05) is 74.2 Å². The summed E-state index contributed by atoms with van der Waals surface area (Å²) in [5.41, 5.74) is 8.09. The number of carbonyl (C=O) groups excluding carboxylic acids is 1. The van der Waals surface area contributed by atoms with Crippen molar-refractivity contribution in [3.05, 3.63) is 119 Å². The Morgan fingerprint density at radius 2 is 1.79 bits per heavy atom. The predicted molar refractivity (Wildman–Crippen MR) is 160 cm³/mol. The molecule has 4 rings (SSSR count). The summed E-state index contributed by atoms with van der Waals surface area (Å²) in [5.74, 6) is 2.69. The number of terminal acetylenes is 1. The number of hydrogen-bond donors (Lipinski definition) is 0. The molecule has 39 heavy (non-hydrogen) atoms. The normalized spacial score (nSPS) is 14.7. The molecule has 0 atom stereocenters. The Labute approximate surface area is 231 Å². The first-order chi connectivity index (χ1) is 18.8. The van der Waals surface area contributed by atoms with E-state index in [0.717, 1.165) is 57.6 Å². The van der Waals surface area contributed by atoms with Crippen molar-refractivity contribution in [2.75, 3.05) is 13.1 Å². The van der Waals surface area contributed by atoms with Crippen molar-refractivity contribution in [1.29, 1.82) is 0 Å². The van der Waals surface area contributed by atoms with Gasteiger partial charge < -0.3 is 4.90 Å². The van der Waals surface area contributed by atoms with Gasteiger partial charge in [-0.25, -0.2) is 9.38 Å². The van der Waals surface area contributed by atoms with Crippen LogP contribution in [0.4, 0.5) is 10.1 Å². The number of aryl methyl sites for hydroxylation is 2. The average Bonchev–Trinajstić information content (AvgIpc) is 2.93. The minimum absolute atomic E-state index is 0.0134. The van der Waals surface area contributed by atoms with Crippen LogP contribution in [0.25, 0.3) is 5.57 Å². The van der Waals surface area contributed by atoms with Crippen LogP contribution in [0.5, 0.6) is 0 Å². The van der Waals surface area contributed by atoms with Crippen LogP contribution in [0.2, 0.25) is 0 Å². The highest BCUT2D eigenvalue weighted by molar-refractivity contribution is 6.03. The molecule has 0 bridgehead atoms. The molecular weight excluding hydrogens is 483 g/mol. The molecule has 1 amide bonds. The van der Waals surface area contributed by atoms with Crippen LogP contribution < -0.4 is 0 Å². The average molecular weight is 519 g/mol. The molecule has 3 aromatic carbocycles. The summed E-state index contributed by atoms with van der Waals surface area (Å²) in [4.78, 5) is 20.1. The molecule has 1 aliphatic heterocycles. The minimum atomic E-state index is -0.279. The van der Waals surface area contributed by atoms with E-state index in [1.165, 1.54) is 6.07 Å². The third-order valence-electron chi connectivity index (χ3n) is 7.23. The van der Waals surface area contributed by atoms with Crippen molar-refractivity contribution in [3.8, 4) is 12.3 Å². The fourth-order valence-electron chi connectivity index (χ4n) is 5.01. The molecule has 0 aromatic heterocycles. The number of hydrogen-bond acceptors (Lipinski definition) is 2. The van der Waals surface area contributed by atoms with Crippen LogP contribution in [0.15, 0.2) is 90.0 Å². The van der Waals surface area contributed by atoms with Crippen molar-refractivity contribution < 1.29 is 9.18 Å². The number of aliphatic imine (C=N–C) groups is 1. The Morgan fingerprint density at radius 1 is 1.05 bits per heavy atom. The number of carbonyl (C=O) groups is 1. The lowest BCUT2D eigenvalue weighted by atomic mass is 9.90. The first kappa shape index (κ1) is 27.8. The number of rotatable bonds is 7. The van der Waals surface area contributed by atoms with E-state index in [4.69, 9.17) is 11.4 Å². The van der Waals surface area contributed by atoms with Gasteiger partial charge in [-0.05, 0) is 98.2 Å². The molecule has 0 aliphatic carbocycles. The quantitative estimate of drug-likeness (QED) is 0.177. The van der Waals surface area contributed by atoms with Gasteiger partial charge in [-0.1, -0.05) is 60.5 Å². The third-order valence-corrected chi connectivity index (χ3v) is 7.23. The Hall–Kier alpha value is -4.23. The second kappa shape index (κ2) is 12.5. The molecular formula is C35H35FN2O. The number of halogens is 1. The number of allylic oxidation sites excluding steroid dienone is 2. The van der Waals surface area contributed by atoms with Crippen LogP contribution >= 0.6 is 0 Å². The molecule has 3 nitrogen and oxygen atoms in total. The summed E-state index contributed by atoms with van der Waals surface area (Å²) >= 11 is 0. The van der Waals surface area contributed by atoms with Crippen molar-refractivity contribution in [3.63, 3.8) is 0 Å². The number of likely N-dealkylation sites (tertiary alicyclic amines) is 1. The Bertz CT molecular complexity index is 1480. The zero-order valence-corrected chi connectivity index (χ0v) is 23.0. The van der Waals surface area contributed by atoms with E-state index in [1.54, 1.807) is 12.1 Å². The molecule has 1 saturated heterocycles. The first-order valence-corrected chi connectivity index (χ1v) is 13.4. The Balaban J connectivity index is 1.50. The SMILES string of the molecule is C#CC(=Nc1ccccc1C)C1CCN(C(=O)c2ccc(/C(=C\CC(=C)C)c3cccc(F)c3)c(C)c2)CC1. The topological polar surface area (TPSA) is 32.7 Å². The zero-order chi connectivity index (χ0) is 27.9. The van der Waals surface area contributed by atoms with E-state index < -0.39 is 0 Å². The summed E-state index contributed by atoms with van der Waals surface area (Å²) in [6.45, 7) is 11.3. The fourth-order valence-corrected chi connectivity index (χ4v) is 5.01. The van der Waals surface area contributed by atoms with Crippen LogP contribution in [0, 0.1) is 37.9 Å². The number of benzene rings is 3. The summed E-state index contributed by atoms with van der Waals surface area (Å²) in [7, 11) is 0. The predicted octanol–water partition coefficient (Wildman–Crippen LogP) is 8.10. The molecule has 0 spiro atoms. The van der Waals surface area contributed by atoms with Crippen molar-refractivity contribution in [1.82, 2.24) is 4.90 Å². The van der Waals surface area contributed by atoms with Gasteiger partial charge in [0.1, 0.15) is 5.82 Å². The van der Waals surface area contributed by atoms with Crippen molar-refractivity contribution in [2.45, 2.75) is 40.0 Å². The smallest absolute Gasteiger partial charge is 0.253 e. The molecule has 1 aliphatic rings.